The summed E-state index contributed by atoms with van der Waals surface area (Å²) < 4.78 is 27.5. The zero-order chi connectivity index (χ0) is 13.9. The highest BCUT2D eigenvalue weighted by atomic mass is 35.5. The van der Waals surface area contributed by atoms with Crippen LogP contribution in [0.3, 0.4) is 0 Å². The third-order valence-electron chi connectivity index (χ3n) is 3.38. The lowest BCUT2D eigenvalue weighted by Gasteiger charge is -2.17. The fraction of sp³-hybridized carbons (Fsp3) is 0.538. The van der Waals surface area contributed by atoms with Gasteiger partial charge >= 0.3 is 0 Å². The fourth-order valence-electron chi connectivity index (χ4n) is 2.28. The zero-order valence-electron chi connectivity index (χ0n) is 10.9. The second-order valence-corrected chi connectivity index (χ2v) is 6.97. The van der Waals surface area contributed by atoms with E-state index in [4.69, 9.17) is 11.6 Å². The van der Waals surface area contributed by atoms with Crippen molar-refractivity contribution in [3.63, 3.8) is 0 Å². The first-order valence-corrected chi connectivity index (χ1v) is 8.35. The second kappa shape index (κ2) is 6.22. The van der Waals surface area contributed by atoms with Crippen LogP contribution in [0.4, 0.5) is 0 Å². The minimum absolute atomic E-state index is 0.0501. The average molecular weight is 303 g/mol. The van der Waals surface area contributed by atoms with Gasteiger partial charge in [0, 0.05) is 17.6 Å². The molecule has 1 aliphatic rings. The Labute approximate surface area is 119 Å². The highest BCUT2D eigenvalue weighted by Gasteiger charge is 2.23. The predicted octanol–water partition coefficient (Wildman–Crippen LogP) is 2.07. The molecule has 0 saturated carbocycles. The van der Waals surface area contributed by atoms with Crippen LogP contribution in [0.1, 0.15) is 24.8 Å². The van der Waals surface area contributed by atoms with E-state index in [2.05, 4.69) is 10.0 Å². The van der Waals surface area contributed by atoms with Crippen LogP contribution in [-0.4, -0.2) is 27.5 Å². The molecule has 4 nitrogen and oxygen atoms in total. The van der Waals surface area contributed by atoms with E-state index >= 15 is 0 Å². The smallest absolute Gasteiger partial charge is 0.241 e. The summed E-state index contributed by atoms with van der Waals surface area (Å²) in [7, 11) is -3.50. The molecule has 6 heteroatoms. The molecule has 106 valence electrons. The van der Waals surface area contributed by atoms with Gasteiger partial charge in [0.05, 0.1) is 4.90 Å². The summed E-state index contributed by atoms with van der Waals surface area (Å²) in [4.78, 5) is 0.268. The van der Waals surface area contributed by atoms with Crippen molar-refractivity contribution < 1.29 is 8.42 Å². The van der Waals surface area contributed by atoms with E-state index < -0.39 is 10.0 Å². The van der Waals surface area contributed by atoms with Gasteiger partial charge in [-0.05, 0) is 44.0 Å². The molecule has 1 unspecified atom stereocenters. The first-order valence-electron chi connectivity index (χ1n) is 6.49. The number of benzene rings is 1. The Bertz CT molecular complexity index is 538. The molecule has 0 amide bonds. The molecule has 1 atom stereocenters. The maximum absolute atomic E-state index is 12.4. The van der Waals surface area contributed by atoms with Gasteiger partial charge in [-0.25, -0.2) is 13.1 Å². The van der Waals surface area contributed by atoms with Crippen molar-refractivity contribution in [1.82, 2.24) is 10.0 Å². The molecule has 1 aromatic carbocycles. The highest BCUT2D eigenvalue weighted by molar-refractivity contribution is 7.89. The summed E-state index contributed by atoms with van der Waals surface area (Å²) in [6.07, 6.45) is 3.00. The fourth-order valence-corrected chi connectivity index (χ4v) is 4.05. The lowest BCUT2D eigenvalue weighted by Crippen LogP contribution is -2.40. The highest BCUT2D eigenvalue weighted by Crippen LogP contribution is 2.23. The van der Waals surface area contributed by atoms with Crippen molar-refractivity contribution in [2.45, 2.75) is 37.1 Å². The van der Waals surface area contributed by atoms with Crippen molar-refractivity contribution in [2.24, 2.45) is 0 Å². The molecule has 1 aliphatic heterocycles. The molecule has 0 aromatic heterocycles. The third-order valence-corrected chi connectivity index (χ3v) is 5.45. The molecule has 0 spiro atoms. The summed E-state index contributed by atoms with van der Waals surface area (Å²) in [6, 6.07) is 4.90. The Morgan fingerprint density at radius 1 is 1.37 bits per heavy atom. The van der Waals surface area contributed by atoms with Gasteiger partial charge in [0.15, 0.2) is 0 Å². The van der Waals surface area contributed by atoms with Crippen molar-refractivity contribution >= 4 is 21.6 Å². The van der Waals surface area contributed by atoms with E-state index in [1.165, 1.54) is 0 Å². The molecule has 0 aliphatic carbocycles. The normalized spacial score (nSPS) is 21.1. The monoisotopic (exact) mass is 302 g/mol. The van der Waals surface area contributed by atoms with Crippen LogP contribution >= 0.6 is 11.6 Å². The van der Waals surface area contributed by atoms with Crippen molar-refractivity contribution in [2.75, 3.05) is 13.1 Å². The number of hydrogen-bond donors (Lipinski definition) is 2. The van der Waals surface area contributed by atoms with Crippen LogP contribution in [0.25, 0.3) is 0 Å². The molecule has 1 saturated heterocycles. The van der Waals surface area contributed by atoms with Gasteiger partial charge in [-0.15, -0.1) is 0 Å². The summed E-state index contributed by atoms with van der Waals surface area (Å²) >= 11 is 5.98. The molecule has 1 fully saturated rings. The summed E-state index contributed by atoms with van der Waals surface area (Å²) in [5, 5.41) is 3.72. The quantitative estimate of drug-likeness (QED) is 0.898. The Kier molecular flexibility index (Phi) is 4.84. The van der Waals surface area contributed by atoms with Gasteiger partial charge in [0.1, 0.15) is 0 Å². The third kappa shape index (κ3) is 3.69. The van der Waals surface area contributed by atoms with Crippen molar-refractivity contribution in [3.8, 4) is 0 Å². The Morgan fingerprint density at radius 2 is 2.16 bits per heavy atom. The van der Waals surface area contributed by atoms with Crippen molar-refractivity contribution in [3.05, 3.63) is 28.8 Å². The van der Waals surface area contributed by atoms with Gasteiger partial charge in [0.2, 0.25) is 10.0 Å². The Morgan fingerprint density at radius 3 is 2.95 bits per heavy atom. The van der Waals surface area contributed by atoms with Gasteiger partial charge < -0.3 is 5.32 Å². The van der Waals surface area contributed by atoms with Crippen molar-refractivity contribution in [1.29, 1.82) is 0 Å². The van der Waals surface area contributed by atoms with E-state index in [9.17, 15) is 8.42 Å². The lowest BCUT2D eigenvalue weighted by atomic mass is 10.2. The molecule has 1 aromatic rings. The molecule has 1 heterocycles. The molecule has 0 bridgehead atoms. The van der Waals surface area contributed by atoms with E-state index in [1.54, 1.807) is 25.1 Å². The van der Waals surface area contributed by atoms with Crippen LogP contribution in [0, 0.1) is 6.92 Å². The van der Waals surface area contributed by atoms with Crippen LogP contribution in [-0.2, 0) is 10.0 Å². The van der Waals surface area contributed by atoms with Crippen LogP contribution < -0.4 is 10.0 Å². The number of sulfonamides is 1. The van der Waals surface area contributed by atoms with E-state index in [0.717, 1.165) is 25.8 Å². The van der Waals surface area contributed by atoms with Gasteiger partial charge in [-0.2, -0.15) is 0 Å². The number of hydrogen-bond acceptors (Lipinski definition) is 3. The molecule has 2 rings (SSSR count). The van der Waals surface area contributed by atoms with Gasteiger partial charge in [0.25, 0.3) is 0 Å². The number of nitrogens with one attached hydrogen (secondary N) is 2. The minimum atomic E-state index is -3.50. The SMILES string of the molecule is Cc1c(Cl)cccc1S(=O)(=O)NC1CCCCNC1. The number of halogens is 1. The minimum Gasteiger partial charge on any atom is -0.315 e. The van der Waals surface area contributed by atoms with E-state index in [1.807, 2.05) is 0 Å². The zero-order valence-corrected chi connectivity index (χ0v) is 12.5. The first-order chi connectivity index (χ1) is 9.00. The maximum atomic E-state index is 12.4. The topological polar surface area (TPSA) is 58.2 Å². The van der Waals surface area contributed by atoms with E-state index in [-0.39, 0.29) is 10.9 Å². The first kappa shape index (κ1) is 14.8. The van der Waals surface area contributed by atoms with Crippen LogP contribution in [0.2, 0.25) is 5.02 Å². The summed E-state index contributed by atoms with van der Waals surface area (Å²) in [5.74, 6) is 0. The molecule has 19 heavy (non-hydrogen) atoms. The van der Waals surface area contributed by atoms with Crippen LogP contribution in [0.15, 0.2) is 23.1 Å². The molecular weight excluding hydrogens is 284 g/mol. The standard InChI is InChI=1S/C13H19ClN2O2S/c1-10-12(14)6-4-7-13(10)19(17,18)16-11-5-2-3-8-15-9-11/h4,6-7,11,15-16H,2-3,5,8-9H2,1H3. The largest absolute Gasteiger partial charge is 0.315 e. The average Bonchev–Trinajstić information content (AvgIpc) is 2.60. The van der Waals surface area contributed by atoms with Crippen LogP contribution in [0.5, 0.6) is 0 Å². The number of rotatable bonds is 3. The second-order valence-electron chi connectivity index (χ2n) is 4.88. The predicted molar refractivity (Wildman–Crippen MR) is 77.0 cm³/mol. The lowest BCUT2D eigenvalue weighted by molar-refractivity contribution is 0.521. The Hall–Kier alpha value is -0.620. The summed E-state index contributed by atoms with van der Waals surface area (Å²) in [5.41, 5.74) is 0.596. The van der Waals surface area contributed by atoms with E-state index in [0.29, 0.717) is 17.1 Å². The van der Waals surface area contributed by atoms with Gasteiger partial charge in [-0.1, -0.05) is 24.1 Å². The van der Waals surface area contributed by atoms with Gasteiger partial charge in [-0.3, -0.25) is 0 Å². The molecule has 0 radical (unpaired) electrons. The summed E-state index contributed by atoms with van der Waals surface area (Å²) in [6.45, 7) is 3.36. The maximum Gasteiger partial charge on any atom is 0.241 e. The molecule has 2 N–H and O–H groups in total. The Balaban J connectivity index is 2.19. The molecular formula is C13H19ClN2O2S.